The minimum absolute atomic E-state index is 0.124. The lowest BCUT2D eigenvalue weighted by Gasteiger charge is -2.22. The van der Waals surface area contributed by atoms with E-state index in [4.69, 9.17) is 4.74 Å². The Bertz CT molecular complexity index is 480. The number of ether oxygens (including phenoxy) is 1. The number of alkyl carbamates (subject to hydrolysis) is 1. The number of rotatable bonds is 4. The van der Waals surface area contributed by atoms with Gasteiger partial charge in [0.1, 0.15) is 11.6 Å². The molecule has 0 saturated heterocycles. The van der Waals surface area contributed by atoms with Crippen molar-refractivity contribution in [2.45, 2.75) is 52.3 Å². The van der Waals surface area contributed by atoms with Gasteiger partial charge in [0.2, 0.25) is 5.91 Å². The van der Waals surface area contributed by atoms with E-state index >= 15 is 0 Å². The zero-order valence-corrected chi connectivity index (χ0v) is 13.3. The van der Waals surface area contributed by atoms with Crippen LogP contribution < -0.4 is 10.6 Å². The Morgan fingerprint density at radius 2 is 1.62 bits per heavy atom. The van der Waals surface area contributed by atoms with Gasteiger partial charge in [-0.15, -0.1) is 0 Å². The van der Waals surface area contributed by atoms with Crippen molar-refractivity contribution in [1.82, 2.24) is 10.6 Å². The third-order valence-corrected chi connectivity index (χ3v) is 2.78. The molecule has 21 heavy (non-hydrogen) atoms. The van der Waals surface area contributed by atoms with Gasteiger partial charge in [-0.25, -0.2) is 4.79 Å². The number of hydrogen-bond acceptors (Lipinski definition) is 3. The summed E-state index contributed by atoms with van der Waals surface area (Å²) in [6.45, 7) is 8.84. The van der Waals surface area contributed by atoms with Crippen molar-refractivity contribution >= 4 is 12.0 Å². The van der Waals surface area contributed by atoms with E-state index in [-0.39, 0.29) is 11.9 Å². The van der Waals surface area contributed by atoms with Gasteiger partial charge in [-0.2, -0.15) is 0 Å². The molecule has 116 valence electrons. The zero-order chi connectivity index (χ0) is 16.0. The molecule has 2 N–H and O–H groups in total. The number of carbonyl (C=O) groups excluding carboxylic acids is 2. The highest BCUT2D eigenvalue weighted by molar-refractivity contribution is 5.85. The molecule has 0 aliphatic heterocycles. The first-order valence-corrected chi connectivity index (χ1v) is 7.04. The molecule has 0 aromatic heterocycles. The lowest BCUT2D eigenvalue weighted by Crippen LogP contribution is -2.47. The van der Waals surface area contributed by atoms with Gasteiger partial charge >= 0.3 is 6.09 Å². The first-order chi connectivity index (χ1) is 9.69. The van der Waals surface area contributed by atoms with Crippen molar-refractivity contribution in [3.63, 3.8) is 0 Å². The highest BCUT2D eigenvalue weighted by atomic mass is 16.6. The van der Waals surface area contributed by atoms with Crippen molar-refractivity contribution in [1.29, 1.82) is 0 Å². The number of amides is 2. The van der Waals surface area contributed by atoms with E-state index in [1.807, 2.05) is 37.3 Å². The predicted octanol–water partition coefficient (Wildman–Crippen LogP) is 2.78. The van der Waals surface area contributed by atoms with E-state index in [9.17, 15) is 9.59 Å². The second-order valence-electron chi connectivity index (χ2n) is 6.01. The Hall–Kier alpha value is -2.04. The largest absolute Gasteiger partial charge is 0.444 e. The summed E-state index contributed by atoms with van der Waals surface area (Å²) in [7, 11) is 0. The maximum atomic E-state index is 12.0. The van der Waals surface area contributed by atoms with Gasteiger partial charge in [0.05, 0.1) is 6.04 Å². The first kappa shape index (κ1) is 17.0. The molecule has 5 nitrogen and oxygen atoms in total. The van der Waals surface area contributed by atoms with Crippen LogP contribution in [0.15, 0.2) is 30.3 Å². The van der Waals surface area contributed by atoms with Crippen LogP contribution in [0.5, 0.6) is 0 Å². The minimum atomic E-state index is -0.661. The number of benzene rings is 1. The summed E-state index contributed by atoms with van der Waals surface area (Å²) in [5.74, 6) is -0.253. The topological polar surface area (TPSA) is 67.4 Å². The molecule has 0 fully saturated rings. The van der Waals surface area contributed by atoms with Crippen LogP contribution in [0.1, 0.15) is 46.2 Å². The summed E-state index contributed by atoms with van der Waals surface area (Å²) in [6.07, 6.45) is -0.600. The fourth-order valence-corrected chi connectivity index (χ4v) is 1.71. The van der Waals surface area contributed by atoms with Gasteiger partial charge in [-0.05, 0) is 40.2 Å². The summed E-state index contributed by atoms with van der Waals surface area (Å²) < 4.78 is 5.12. The van der Waals surface area contributed by atoms with Gasteiger partial charge in [0, 0.05) is 0 Å². The lowest BCUT2D eigenvalue weighted by molar-refractivity contribution is -0.123. The molecule has 2 amide bonds. The van der Waals surface area contributed by atoms with Crippen LogP contribution in [0.3, 0.4) is 0 Å². The number of nitrogens with one attached hydrogen (secondary N) is 2. The number of carbonyl (C=O) groups is 2. The highest BCUT2D eigenvalue weighted by Gasteiger charge is 2.21. The standard InChI is InChI=1S/C16H24N2O3/c1-11(13-9-7-6-8-10-13)17-14(19)12(2)18-15(20)21-16(3,4)5/h6-12H,1-5H3,(H,17,19)(H,18,20)/t11-,12+/m1/s1. The van der Waals surface area contributed by atoms with E-state index in [1.165, 1.54) is 0 Å². The van der Waals surface area contributed by atoms with Gasteiger partial charge in [-0.3, -0.25) is 4.79 Å². The lowest BCUT2D eigenvalue weighted by atomic mass is 10.1. The van der Waals surface area contributed by atoms with Crippen molar-refractivity contribution in [2.75, 3.05) is 0 Å². The molecule has 1 aromatic rings. The molecule has 0 aliphatic carbocycles. The maximum absolute atomic E-state index is 12.0. The Balaban J connectivity index is 2.50. The summed E-state index contributed by atoms with van der Waals surface area (Å²) >= 11 is 0. The third kappa shape index (κ3) is 6.29. The Morgan fingerprint density at radius 1 is 1.05 bits per heavy atom. The summed E-state index contributed by atoms with van der Waals surface area (Å²) in [4.78, 5) is 23.7. The van der Waals surface area contributed by atoms with Crippen LogP contribution in [-0.4, -0.2) is 23.6 Å². The van der Waals surface area contributed by atoms with Gasteiger partial charge in [-0.1, -0.05) is 30.3 Å². The summed E-state index contributed by atoms with van der Waals surface area (Å²) in [6, 6.07) is 8.85. The molecular weight excluding hydrogens is 268 g/mol. The van der Waals surface area contributed by atoms with Crippen molar-refractivity contribution in [3.05, 3.63) is 35.9 Å². The molecule has 0 unspecified atom stereocenters. The third-order valence-electron chi connectivity index (χ3n) is 2.78. The van der Waals surface area contributed by atoms with Gasteiger partial charge < -0.3 is 15.4 Å². The van der Waals surface area contributed by atoms with Crippen LogP contribution in [0.4, 0.5) is 4.79 Å². The van der Waals surface area contributed by atoms with Crippen LogP contribution in [0.25, 0.3) is 0 Å². The van der Waals surface area contributed by atoms with Crippen LogP contribution >= 0.6 is 0 Å². The Morgan fingerprint density at radius 3 is 2.14 bits per heavy atom. The molecule has 0 radical (unpaired) electrons. The maximum Gasteiger partial charge on any atom is 0.408 e. The average Bonchev–Trinajstić information content (AvgIpc) is 2.37. The zero-order valence-electron chi connectivity index (χ0n) is 13.3. The molecule has 0 saturated carbocycles. The average molecular weight is 292 g/mol. The highest BCUT2D eigenvalue weighted by Crippen LogP contribution is 2.11. The fraction of sp³-hybridized carbons (Fsp3) is 0.500. The molecular formula is C16H24N2O3. The SMILES string of the molecule is C[C@H](NC(=O)OC(C)(C)C)C(=O)N[C@H](C)c1ccccc1. The smallest absolute Gasteiger partial charge is 0.408 e. The van der Waals surface area contributed by atoms with Crippen molar-refractivity contribution in [3.8, 4) is 0 Å². The molecule has 5 heteroatoms. The summed E-state index contributed by atoms with van der Waals surface area (Å²) in [5.41, 5.74) is 0.424. The van der Waals surface area contributed by atoms with Gasteiger partial charge in [0.15, 0.2) is 0 Å². The first-order valence-electron chi connectivity index (χ1n) is 7.04. The molecule has 1 rings (SSSR count). The van der Waals surface area contributed by atoms with Crippen LogP contribution in [0.2, 0.25) is 0 Å². The van der Waals surface area contributed by atoms with E-state index in [0.717, 1.165) is 5.56 Å². The molecule has 0 bridgehead atoms. The van der Waals surface area contributed by atoms with E-state index in [2.05, 4.69) is 10.6 Å². The van der Waals surface area contributed by atoms with Crippen molar-refractivity contribution in [2.24, 2.45) is 0 Å². The molecule has 0 aliphatic rings. The minimum Gasteiger partial charge on any atom is -0.444 e. The quantitative estimate of drug-likeness (QED) is 0.896. The molecule has 2 atom stereocenters. The Kier molecular flexibility index (Phi) is 5.76. The predicted molar refractivity (Wildman–Crippen MR) is 81.8 cm³/mol. The van der Waals surface area contributed by atoms with E-state index < -0.39 is 17.7 Å². The Labute approximate surface area is 126 Å². The van der Waals surface area contributed by atoms with E-state index in [1.54, 1.807) is 27.7 Å². The monoisotopic (exact) mass is 292 g/mol. The normalized spacial score (nSPS) is 14.0. The molecule has 0 spiro atoms. The second kappa shape index (κ2) is 7.11. The van der Waals surface area contributed by atoms with E-state index in [0.29, 0.717) is 0 Å². The van der Waals surface area contributed by atoms with Crippen molar-refractivity contribution < 1.29 is 14.3 Å². The molecule has 1 aromatic carbocycles. The molecule has 0 heterocycles. The summed E-state index contributed by atoms with van der Waals surface area (Å²) in [5, 5.41) is 5.37. The van der Waals surface area contributed by atoms with Crippen LogP contribution in [-0.2, 0) is 9.53 Å². The van der Waals surface area contributed by atoms with Gasteiger partial charge in [0.25, 0.3) is 0 Å². The fourth-order valence-electron chi connectivity index (χ4n) is 1.71. The van der Waals surface area contributed by atoms with Crippen LogP contribution in [0, 0.1) is 0 Å². The second-order valence-corrected chi connectivity index (χ2v) is 6.01. The number of hydrogen-bond donors (Lipinski definition) is 2.